The highest BCUT2D eigenvalue weighted by atomic mass is 35.5. The normalized spacial score (nSPS) is 10.8. The van der Waals surface area contributed by atoms with Crippen LogP contribution in [-0.4, -0.2) is 20.2 Å². The second kappa shape index (κ2) is 4.23. The van der Waals surface area contributed by atoms with E-state index < -0.39 is 0 Å². The Bertz CT molecular complexity index is 711. The van der Waals surface area contributed by atoms with Gasteiger partial charge in [0, 0.05) is 5.69 Å². The van der Waals surface area contributed by atoms with Crippen LogP contribution in [0.3, 0.4) is 0 Å². The van der Waals surface area contributed by atoms with Gasteiger partial charge in [0.15, 0.2) is 5.65 Å². The third-order valence-corrected chi connectivity index (χ3v) is 2.54. The Kier molecular flexibility index (Phi) is 2.56. The van der Waals surface area contributed by atoms with Crippen LogP contribution in [-0.2, 0) is 0 Å². The molecule has 0 fully saturated rings. The first-order valence-electron chi connectivity index (χ1n) is 5.11. The van der Waals surface area contributed by atoms with Crippen molar-refractivity contribution in [3.05, 3.63) is 41.6 Å². The first kappa shape index (κ1) is 10.9. The molecule has 18 heavy (non-hydrogen) atoms. The van der Waals surface area contributed by atoms with E-state index in [1.165, 1.54) is 12.1 Å². The van der Waals surface area contributed by atoms with Gasteiger partial charge in [0.25, 0.3) is 0 Å². The largest absolute Gasteiger partial charge is 0.339 e. The van der Waals surface area contributed by atoms with E-state index in [1.807, 2.05) is 0 Å². The number of rotatable bonds is 2. The first-order chi connectivity index (χ1) is 8.72. The van der Waals surface area contributed by atoms with Gasteiger partial charge in [-0.05, 0) is 29.8 Å². The standard InChI is InChI=1S/C11H7ClFN5/c12-11-16-9(8-5-14-18-10(8)17-11)15-7-3-1-2-6(13)4-7/h1-5H,(H2,14,15,16,17,18). The highest BCUT2D eigenvalue weighted by molar-refractivity contribution is 6.28. The molecule has 90 valence electrons. The third kappa shape index (κ3) is 1.98. The smallest absolute Gasteiger partial charge is 0.226 e. The number of benzene rings is 1. The van der Waals surface area contributed by atoms with E-state index in [9.17, 15) is 4.39 Å². The van der Waals surface area contributed by atoms with E-state index in [4.69, 9.17) is 11.6 Å². The lowest BCUT2D eigenvalue weighted by molar-refractivity contribution is 0.628. The number of nitrogens with one attached hydrogen (secondary N) is 2. The van der Waals surface area contributed by atoms with E-state index in [2.05, 4.69) is 25.5 Å². The Hall–Kier alpha value is -2.21. The molecule has 0 radical (unpaired) electrons. The molecule has 7 heteroatoms. The maximum Gasteiger partial charge on any atom is 0.226 e. The SMILES string of the molecule is Fc1cccc(Nc2nc(Cl)nc3[nH]ncc23)c1. The summed E-state index contributed by atoms with van der Waals surface area (Å²) >= 11 is 5.79. The van der Waals surface area contributed by atoms with Crippen molar-refractivity contribution in [2.45, 2.75) is 0 Å². The molecule has 1 aromatic carbocycles. The molecule has 0 atom stereocenters. The van der Waals surface area contributed by atoms with Crippen LogP contribution in [0.4, 0.5) is 15.9 Å². The lowest BCUT2D eigenvalue weighted by Crippen LogP contribution is -1.96. The van der Waals surface area contributed by atoms with E-state index in [1.54, 1.807) is 18.3 Å². The molecular formula is C11H7ClFN5. The Morgan fingerprint density at radius 3 is 3.00 bits per heavy atom. The van der Waals surface area contributed by atoms with Gasteiger partial charge in [-0.3, -0.25) is 5.10 Å². The number of fused-ring (bicyclic) bond motifs is 1. The van der Waals surface area contributed by atoms with Gasteiger partial charge in [-0.25, -0.2) is 4.39 Å². The number of H-pyrrole nitrogens is 1. The molecule has 0 saturated heterocycles. The van der Waals surface area contributed by atoms with Gasteiger partial charge in [-0.2, -0.15) is 15.1 Å². The predicted octanol–water partition coefficient (Wildman–Crippen LogP) is 2.89. The van der Waals surface area contributed by atoms with Crippen molar-refractivity contribution in [2.75, 3.05) is 5.32 Å². The maximum atomic E-state index is 13.1. The van der Waals surface area contributed by atoms with Crippen molar-refractivity contribution in [1.29, 1.82) is 0 Å². The zero-order valence-electron chi connectivity index (χ0n) is 8.98. The molecule has 0 aliphatic carbocycles. The van der Waals surface area contributed by atoms with Crippen molar-refractivity contribution < 1.29 is 4.39 Å². The van der Waals surface area contributed by atoms with Crippen LogP contribution in [0, 0.1) is 5.82 Å². The average molecular weight is 264 g/mol. The molecule has 0 unspecified atom stereocenters. The zero-order chi connectivity index (χ0) is 12.5. The van der Waals surface area contributed by atoms with Gasteiger partial charge in [0.1, 0.15) is 11.6 Å². The van der Waals surface area contributed by atoms with Crippen molar-refractivity contribution in [3.63, 3.8) is 0 Å². The van der Waals surface area contributed by atoms with Gasteiger partial charge in [-0.1, -0.05) is 6.07 Å². The lowest BCUT2D eigenvalue weighted by atomic mass is 10.3. The summed E-state index contributed by atoms with van der Waals surface area (Å²) in [7, 11) is 0. The van der Waals surface area contributed by atoms with Gasteiger partial charge in [0.05, 0.1) is 11.6 Å². The number of nitrogens with zero attached hydrogens (tertiary/aromatic N) is 3. The van der Waals surface area contributed by atoms with Crippen molar-refractivity contribution in [2.24, 2.45) is 0 Å². The molecule has 0 saturated carbocycles. The number of aromatic nitrogens is 4. The van der Waals surface area contributed by atoms with Gasteiger partial charge < -0.3 is 5.32 Å². The summed E-state index contributed by atoms with van der Waals surface area (Å²) in [5, 5.41) is 10.3. The maximum absolute atomic E-state index is 13.1. The summed E-state index contributed by atoms with van der Waals surface area (Å²) in [4.78, 5) is 8.04. The first-order valence-corrected chi connectivity index (χ1v) is 5.49. The summed E-state index contributed by atoms with van der Waals surface area (Å²) in [6.07, 6.45) is 1.58. The summed E-state index contributed by atoms with van der Waals surface area (Å²) < 4.78 is 13.1. The number of aromatic amines is 1. The van der Waals surface area contributed by atoms with E-state index in [-0.39, 0.29) is 11.1 Å². The molecule has 3 rings (SSSR count). The van der Waals surface area contributed by atoms with Crippen LogP contribution in [0.1, 0.15) is 0 Å². The fourth-order valence-electron chi connectivity index (χ4n) is 1.61. The second-order valence-electron chi connectivity index (χ2n) is 3.61. The minimum Gasteiger partial charge on any atom is -0.339 e. The quantitative estimate of drug-likeness (QED) is 0.698. The summed E-state index contributed by atoms with van der Waals surface area (Å²) in [5.74, 6) is 0.146. The van der Waals surface area contributed by atoms with Gasteiger partial charge in [-0.15, -0.1) is 0 Å². The number of halogens is 2. The third-order valence-electron chi connectivity index (χ3n) is 2.37. The average Bonchev–Trinajstić information content (AvgIpc) is 2.77. The minimum atomic E-state index is -0.330. The Morgan fingerprint density at radius 1 is 1.28 bits per heavy atom. The fourth-order valence-corrected chi connectivity index (χ4v) is 1.77. The van der Waals surface area contributed by atoms with Crippen LogP contribution < -0.4 is 5.32 Å². The molecule has 0 amide bonds. The van der Waals surface area contributed by atoms with Crippen LogP contribution in [0.5, 0.6) is 0 Å². The Morgan fingerprint density at radius 2 is 2.17 bits per heavy atom. The van der Waals surface area contributed by atoms with Gasteiger partial charge in [0.2, 0.25) is 5.28 Å². The minimum absolute atomic E-state index is 0.0886. The Balaban J connectivity index is 2.06. The van der Waals surface area contributed by atoms with E-state index >= 15 is 0 Å². The molecule has 3 aromatic rings. The van der Waals surface area contributed by atoms with Crippen LogP contribution in [0.15, 0.2) is 30.5 Å². The van der Waals surface area contributed by atoms with Crippen molar-refractivity contribution in [3.8, 4) is 0 Å². The molecule has 0 bridgehead atoms. The van der Waals surface area contributed by atoms with E-state index in [0.717, 1.165) is 0 Å². The predicted molar refractivity (Wildman–Crippen MR) is 66.4 cm³/mol. The molecule has 5 nitrogen and oxygen atoms in total. The zero-order valence-corrected chi connectivity index (χ0v) is 9.74. The number of hydrogen-bond acceptors (Lipinski definition) is 4. The second-order valence-corrected chi connectivity index (χ2v) is 3.95. The lowest BCUT2D eigenvalue weighted by Gasteiger charge is -2.06. The summed E-state index contributed by atoms with van der Waals surface area (Å²) in [6, 6.07) is 6.06. The Labute approximate surface area is 106 Å². The molecule has 2 aromatic heterocycles. The highest BCUT2D eigenvalue weighted by Crippen LogP contribution is 2.23. The monoisotopic (exact) mass is 263 g/mol. The number of anilines is 2. The number of hydrogen-bond donors (Lipinski definition) is 2. The molecule has 2 heterocycles. The molecule has 0 spiro atoms. The highest BCUT2D eigenvalue weighted by Gasteiger charge is 2.08. The van der Waals surface area contributed by atoms with Crippen LogP contribution in [0.2, 0.25) is 5.28 Å². The summed E-state index contributed by atoms with van der Waals surface area (Å²) in [5.41, 5.74) is 1.10. The fraction of sp³-hybridized carbons (Fsp3) is 0. The van der Waals surface area contributed by atoms with Crippen molar-refractivity contribution in [1.82, 2.24) is 20.2 Å². The molecule has 0 aliphatic rings. The van der Waals surface area contributed by atoms with Crippen LogP contribution in [0.25, 0.3) is 11.0 Å². The summed E-state index contributed by atoms with van der Waals surface area (Å²) in [6.45, 7) is 0. The van der Waals surface area contributed by atoms with Crippen molar-refractivity contribution >= 4 is 34.1 Å². The van der Waals surface area contributed by atoms with Crippen LogP contribution >= 0.6 is 11.6 Å². The van der Waals surface area contributed by atoms with E-state index in [0.29, 0.717) is 22.5 Å². The van der Waals surface area contributed by atoms with Gasteiger partial charge >= 0.3 is 0 Å². The topological polar surface area (TPSA) is 66.5 Å². The molecule has 2 N–H and O–H groups in total. The molecule has 0 aliphatic heterocycles. The molecular weight excluding hydrogens is 257 g/mol.